The normalized spacial score (nSPS) is 12.4. The molecule has 2 rings (SSSR count). The molecule has 1 atom stereocenters. The lowest BCUT2D eigenvalue weighted by atomic mass is 10.2. The SMILES string of the molecule is Nc1cc(F)c(S(=O)Cc2ccccc2Cl)c(F)c1. The number of nitrogens with two attached hydrogens (primary N) is 1. The molecule has 19 heavy (non-hydrogen) atoms. The van der Waals surface area contributed by atoms with E-state index in [2.05, 4.69) is 0 Å². The fourth-order valence-electron chi connectivity index (χ4n) is 1.63. The van der Waals surface area contributed by atoms with Crippen LogP contribution < -0.4 is 5.73 Å². The van der Waals surface area contributed by atoms with Crippen molar-refractivity contribution < 1.29 is 13.0 Å². The van der Waals surface area contributed by atoms with Crippen molar-refractivity contribution in [2.45, 2.75) is 10.6 Å². The number of benzene rings is 2. The van der Waals surface area contributed by atoms with Gasteiger partial charge in [-0.1, -0.05) is 29.8 Å². The minimum Gasteiger partial charge on any atom is -0.399 e. The summed E-state index contributed by atoms with van der Waals surface area (Å²) in [5, 5.41) is 0.409. The molecule has 0 bridgehead atoms. The Morgan fingerprint density at radius 2 is 1.74 bits per heavy atom. The van der Waals surface area contributed by atoms with Crippen LogP contribution in [0.25, 0.3) is 0 Å². The maximum Gasteiger partial charge on any atom is 0.144 e. The largest absolute Gasteiger partial charge is 0.399 e. The summed E-state index contributed by atoms with van der Waals surface area (Å²) in [5.41, 5.74) is 5.83. The monoisotopic (exact) mass is 301 g/mol. The summed E-state index contributed by atoms with van der Waals surface area (Å²) in [7, 11) is -1.87. The van der Waals surface area contributed by atoms with Gasteiger partial charge in [0.15, 0.2) is 0 Å². The van der Waals surface area contributed by atoms with Crippen LogP contribution >= 0.6 is 11.6 Å². The summed E-state index contributed by atoms with van der Waals surface area (Å²) in [6.07, 6.45) is 0. The van der Waals surface area contributed by atoms with Crippen molar-refractivity contribution in [2.24, 2.45) is 0 Å². The molecule has 0 radical (unpaired) electrons. The van der Waals surface area contributed by atoms with E-state index in [1.807, 2.05) is 0 Å². The van der Waals surface area contributed by atoms with Crippen molar-refractivity contribution >= 4 is 28.1 Å². The van der Waals surface area contributed by atoms with Crippen molar-refractivity contribution in [3.05, 3.63) is 58.6 Å². The Hall–Kier alpha value is -1.46. The molecule has 0 fully saturated rings. The molecule has 0 aromatic heterocycles. The van der Waals surface area contributed by atoms with Crippen LogP contribution in [0, 0.1) is 11.6 Å². The fraction of sp³-hybridized carbons (Fsp3) is 0.0769. The molecule has 0 aliphatic heterocycles. The van der Waals surface area contributed by atoms with Crippen molar-refractivity contribution in [3.8, 4) is 0 Å². The van der Waals surface area contributed by atoms with Crippen LogP contribution in [0.2, 0.25) is 5.02 Å². The maximum atomic E-state index is 13.6. The number of nitrogen functional groups attached to an aromatic ring is 1. The van der Waals surface area contributed by atoms with Crippen molar-refractivity contribution in [3.63, 3.8) is 0 Å². The molecule has 2 aromatic rings. The van der Waals surface area contributed by atoms with E-state index in [4.69, 9.17) is 17.3 Å². The Kier molecular flexibility index (Phi) is 4.17. The molecule has 0 aliphatic rings. The lowest BCUT2D eigenvalue weighted by molar-refractivity contribution is 0.535. The Bertz CT molecular complexity index is 625. The van der Waals surface area contributed by atoms with E-state index in [1.165, 1.54) is 0 Å². The van der Waals surface area contributed by atoms with Gasteiger partial charge in [-0.15, -0.1) is 0 Å². The third-order valence-corrected chi connectivity index (χ3v) is 4.28. The molecule has 0 aliphatic carbocycles. The van der Waals surface area contributed by atoms with Gasteiger partial charge in [-0.05, 0) is 23.8 Å². The standard InChI is InChI=1S/C13H10ClF2NOS/c14-10-4-2-1-3-8(10)7-19(18)13-11(15)5-9(17)6-12(13)16/h1-6H,7,17H2. The van der Waals surface area contributed by atoms with Crippen LogP contribution in [0.1, 0.15) is 5.56 Å². The molecule has 2 N–H and O–H groups in total. The zero-order valence-electron chi connectivity index (χ0n) is 9.70. The van der Waals surface area contributed by atoms with Gasteiger partial charge in [0.1, 0.15) is 16.5 Å². The van der Waals surface area contributed by atoms with E-state index < -0.39 is 27.3 Å². The van der Waals surface area contributed by atoms with E-state index >= 15 is 0 Å². The molecule has 1 unspecified atom stereocenters. The second kappa shape index (κ2) is 5.67. The molecular formula is C13H10ClF2NOS. The second-order valence-corrected chi connectivity index (χ2v) is 5.69. The molecule has 0 spiro atoms. The highest BCUT2D eigenvalue weighted by molar-refractivity contribution is 7.84. The van der Waals surface area contributed by atoms with Crippen LogP contribution in [-0.2, 0) is 16.6 Å². The minimum absolute atomic E-state index is 0.0477. The summed E-state index contributed by atoms with van der Waals surface area (Å²) in [5.74, 6) is -1.89. The molecular weight excluding hydrogens is 292 g/mol. The average molecular weight is 302 g/mol. The first-order valence-corrected chi connectivity index (χ1v) is 7.05. The number of halogens is 3. The van der Waals surface area contributed by atoms with Gasteiger partial charge < -0.3 is 5.73 Å². The number of anilines is 1. The first-order valence-electron chi connectivity index (χ1n) is 5.35. The highest BCUT2D eigenvalue weighted by atomic mass is 35.5. The summed E-state index contributed by atoms with van der Waals surface area (Å²) < 4.78 is 39.3. The predicted octanol–water partition coefficient (Wildman–Crippen LogP) is 3.51. The Balaban J connectivity index is 2.34. The van der Waals surface area contributed by atoms with E-state index in [1.54, 1.807) is 24.3 Å². The van der Waals surface area contributed by atoms with E-state index in [0.717, 1.165) is 12.1 Å². The highest BCUT2D eigenvalue weighted by Crippen LogP contribution is 2.24. The van der Waals surface area contributed by atoms with Gasteiger partial charge in [0.2, 0.25) is 0 Å². The zero-order chi connectivity index (χ0) is 14.0. The van der Waals surface area contributed by atoms with Gasteiger partial charge in [-0.3, -0.25) is 4.21 Å². The van der Waals surface area contributed by atoms with Gasteiger partial charge in [-0.25, -0.2) is 8.78 Å². The molecule has 6 heteroatoms. The van der Waals surface area contributed by atoms with Crippen LogP contribution in [-0.4, -0.2) is 4.21 Å². The Morgan fingerprint density at radius 1 is 1.16 bits per heavy atom. The molecule has 2 nitrogen and oxygen atoms in total. The molecule has 0 saturated heterocycles. The van der Waals surface area contributed by atoms with Crippen LogP contribution in [0.3, 0.4) is 0 Å². The molecule has 0 amide bonds. The summed E-state index contributed by atoms with van der Waals surface area (Å²) in [4.78, 5) is -0.478. The lowest BCUT2D eigenvalue weighted by Crippen LogP contribution is -2.04. The summed E-state index contributed by atoms with van der Waals surface area (Å²) >= 11 is 5.92. The maximum absolute atomic E-state index is 13.6. The summed E-state index contributed by atoms with van der Waals surface area (Å²) in [6, 6.07) is 8.62. The van der Waals surface area contributed by atoms with Gasteiger partial charge in [0, 0.05) is 10.7 Å². The average Bonchev–Trinajstić information content (AvgIpc) is 2.30. The third-order valence-electron chi connectivity index (χ3n) is 2.49. The van der Waals surface area contributed by atoms with Gasteiger partial charge >= 0.3 is 0 Å². The molecule has 0 saturated carbocycles. The van der Waals surface area contributed by atoms with Crippen LogP contribution in [0.4, 0.5) is 14.5 Å². The minimum atomic E-state index is -1.87. The number of hydrogen-bond acceptors (Lipinski definition) is 2. The summed E-state index contributed by atoms with van der Waals surface area (Å²) in [6.45, 7) is 0. The first kappa shape index (κ1) is 14.0. The zero-order valence-corrected chi connectivity index (χ0v) is 11.3. The second-order valence-electron chi connectivity index (χ2n) is 3.89. The fourth-order valence-corrected chi connectivity index (χ4v) is 3.14. The highest BCUT2D eigenvalue weighted by Gasteiger charge is 2.18. The predicted molar refractivity (Wildman–Crippen MR) is 72.3 cm³/mol. The van der Waals surface area contributed by atoms with Crippen LogP contribution in [0.15, 0.2) is 41.3 Å². The third kappa shape index (κ3) is 3.11. The van der Waals surface area contributed by atoms with Crippen molar-refractivity contribution in [1.82, 2.24) is 0 Å². The number of rotatable bonds is 3. The Labute approximate surface area is 116 Å². The van der Waals surface area contributed by atoms with E-state index in [9.17, 15) is 13.0 Å². The van der Waals surface area contributed by atoms with Gasteiger partial charge in [-0.2, -0.15) is 0 Å². The van der Waals surface area contributed by atoms with E-state index in [0.29, 0.717) is 10.6 Å². The molecule has 2 aromatic carbocycles. The first-order chi connectivity index (χ1) is 8.99. The van der Waals surface area contributed by atoms with Crippen LogP contribution in [0.5, 0.6) is 0 Å². The van der Waals surface area contributed by atoms with Gasteiger partial charge in [0.25, 0.3) is 0 Å². The molecule has 0 heterocycles. The van der Waals surface area contributed by atoms with Gasteiger partial charge in [0.05, 0.1) is 16.6 Å². The Morgan fingerprint density at radius 3 is 2.32 bits per heavy atom. The quantitative estimate of drug-likeness (QED) is 0.882. The van der Waals surface area contributed by atoms with E-state index in [-0.39, 0.29) is 11.4 Å². The lowest BCUT2D eigenvalue weighted by Gasteiger charge is -2.07. The van der Waals surface area contributed by atoms with Crippen molar-refractivity contribution in [1.29, 1.82) is 0 Å². The smallest absolute Gasteiger partial charge is 0.144 e. The van der Waals surface area contributed by atoms with Crippen molar-refractivity contribution in [2.75, 3.05) is 5.73 Å². The number of hydrogen-bond donors (Lipinski definition) is 1. The molecule has 100 valence electrons. The topological polar surface area (TPSA) is 43.1 Å².